The molecule has 6 rings (SSSR count). The zero-order valence-corrected chi connectivity index (χ0v) is 30.0. The van der Waals surface area contributed by atoms with Crippen molar-refractivity contribution >= 4 is 0 Å². The van der Waals surface area contributed by atoms with Crippen molar-refractivity contribution in [2.45, 2.75) is 37.1 Å². The fourth-order valence-electron chi connectivity index (χ4n) is 6.59. The second-order valence-electron chi connectivity index (χ2n) is 12.8. The molecule has 0 unspecified atom stereocenters. The molecule has 4 aromatic carbocycles. The number of nitrogens with zero attached hydrogens (tertiary/aromatic N) is 2. The molecule has 2 N–H and O–H groups in total. The minimum absolute atomic E-state index is 0. The standard InChI is InChI=1S/2C22H24NO.Fe/c2*1-18(23(2)17-19-11-9-10-12-19)22(24,20-13-5-3-6-14-20)21-15-7-4-8-16-21;/h2*3-16,18,24H,17H2,1-2H3;/q;;+2/t2*18-;/m00./s1. The normalized spacial score (nSPS) is 17.0. The van der Waals surface area contributed by atoms with E-state index in [4.69, 9.17) is 0 Å². The van der Waals surface area contributed by atoms with E-state index in [1.165, 1.54) is 11.8 Å². The molecule has 0 spiro atoms. The Labute approximate surface area is 307 Å². The zero-order valence-electron chi connectivity index (χ0n) is 28.9. The molecule has 0 amide bonds. The number of aliphatic hydroxyl groups is 2. The molecule has 2 saturated carbocycles. The van der Waals surface area contributed by atoms with Crippen LogP contribution in [0.3, 0.4) is 0 Å². The van der Waals surface area contributed by atoms with E-state index in [2.05, 4.69) is 89.1 Å². The number of hydrogen-bond acceptors (Lipinski definition) is 4. The molecule has 0 bridgehead atoms. The molecule has 0 heterocycles. The summed E-state index contributed by atoms with van der Waals surface area (Å²) in [5, 5.41) is 23.6. The number of rotatable bonds is 12. The van der Waals surface area contributed by atoms with E-state index in [0.29, 0.717) is 0 Å². The van der Waals surface area contributed by atoms with Crippen molar-refractivity contribution in [1.29, 1.82) is 0 Å². The molecule has 0 saturated heterocycles. The van der Waals surface area contributed by atoms with Crippen LogP contribution in [0.1, 0.15) is 36.1 Å². The third-order valence-corrected chi connectivity index (χ3v) is 9.71. The Hall–Kier alpha value is -2.76. The van der Waals surface area contributed by atoms with Gasteiger partial charge in [0.05, 0.1) is 0 Å². The van der Waals surface area contributed by atoms with Crippen molar-refractivity contribution in [1.82, 2.24) is 9.80 Å². The first kappa shape index (κ1) is 39.0. The van der Waals surface area contributed by atoms with Crippen LogP contribution >= 0.6 is 0 Å². The summed E-state index contributed by atoms with van der Waals surface area (Å²) in [6, 6.07) is 39.6. The van der Waals surface area contributed by atoms with Gasteiger partial charge in [-0.25, -0.2) is 0 Å². The maximum atomic E-state index is 11.8. The third kappa shape index (κ3) is 9.32. The molecule has 10 radical (unpaired) electrons. The molecule has 0 aliphatic heterocycles. The van der Waals surface area contributed by atoms with E-state index in [0.717, 1.165) is 35.3 Å². The summed E-state index contributed by atoms with van der Waals surface area (Å²) in [5.41, 5.74) is 1.53. The van der Waals surface area contributed by atoms with Crippen molar-refractivity contribution < 1.29 is 27.3 Å². The minimum Gasteiger partial charge on any atom is -0.379 e. The van der Waals surface area contributed by atoms with Gasteiger partial charge >= 0.3 is 17.1 Å². The minimum atomic E-state index is -1.07. The van der Waals surface area contributed by atoms with Crippen LogP contribution in [0.4, 0.5) is 0 Å². The summed E-state index contributed by atoms with van der Waals surface area (Å²) in [5.74, 6) is 2.51. The largest absolute Gasteiger partial charge is 2.00 e. The van der Waals surface area contributed by atoms with Gasteiger partial charge < -0.3 is 10.2 Å². The number of likely N-dealkylation sites (N-methyl/N-ethyl adjacent to an activating group) is 2. The smallest absolute Gasteiger partial charge is 0.379 e. The van der Waals surface area contributed by atoms with Crippen LogP contribution in [0.2, 0.25) is 0 Å². The Bertz CT molecular complexity index is 1280. The molecule has 2 fully saturated rings. The summed E-state index contributed by atoms with van der Waals surface area (Å²) in [6.45, 7) is 5.78. The van der Waals surface area contributed by atoms with Gasteiger partial charge in [-0.2, -0.15) is 0 Å². The van der Waals surface area contributed by atoms with E-state index in [-0.39, 0.29) is 29.2 Å². The topological polar surface area (TPSA) is 46.9 Å². The van der Waals surface area contributed by atoms with Gasteiger partial charge in [0.15, 0.2) is 0 Å². The summed E-state index contributed by atoms with van der Waals surface area (Å²) in [6.07, 6.45) is 16.7. The Balaban J connectivity index is 0.000000216. The fourth-order valence-corrected chi connectivity index (χ4v) is 6.59. The predicted molar refractivity (Wildman–Crippen MR) is 197 cm³/mol. The zero-order chi connectivity index (χ0) is 34.0. The van der Waals surface area contributed by atoms with Crippen LogP contribution in [-0.2, 0) is 28.3 Å². The SMILES string of the molecule is C[C@H](N(C)C[C]1[CH][CH][CH][CH]1)C(O)(c1ccccc1)c1ccccc1.C[C@H](N(C)C[C]1[CH][CH][CH][CH]1)C(O)(c1ccccc1)c1ccccc1.[Fe+2]. The molecule has 2 aliphatic rings. The predicted octanol–water partition coefficient (Wildman–Crippen LogP) is 7.29. The number of benzene rings is 4. The quantitative estimate of drug-likeness (QED) is 0.153. The molecular weight excluding hydrogens is 644 g/mol. The first-order valence-electron chi connectivity index (χ1n) is 16.7. The average molecular weight is 693 g/mol. The van der Waals surface area contributed by atoms with Crippen molar-refractivity contribution in [3.8, 4) is 0 Å². The number of hydrogen-bond donors (Lipinski definition) is 2. The Morgan fingerprint density at radius 3 is 0.898 bits per heavy atom. The molecule has 252 valence electrons. The van der Waals surface area contributed by atoms with Gasteiger partial charge in [-0.3, -0.25) is 9.80 Å². The average Bonchev–Trinajstić information content (AvgIpc) is 3.87. The Morgan fingerprint density at radius 1 is 0.449 bits per heavy atom. The van der Waals surface area contributed by atoms with Gasteiger partial charge in [-0.05, 0) is 113 Å². The van der Waals surface area contributed by atoms with Gasteiger partial charge in [0, 0.05) is 25.2 Å². The van der Waals surface area contributed by atoms with Crippen molar-refractivity contribution in [2.75, 3.05) is 27.2 Å². The van der Waals surface area contributed by atoms with Crippen LogP contribution in [0.25, 0.3) is 0 Å². The van der Waals surface area contributed by atoms with E-state index in [9.17, 15) is 10.2 Å². The first-order chi connectivity index (χ1) is 23.2. The molecule has 2 atom stereocenters. The van der Waals surface area contributed by atoms with Crippen LogP contribution in [0.5, 0.6) is 0 Å². The first-order valence-corrected chi connectivity index (χ1v) is 16.7. The van der Waals surface area contributed by atoms with Gasteiger partial charge in [0.25, 0.3) is 0 Å². The van der Waals surface area contributed by atoms with E-state index < -0.39 is 11.2 Å². The van der Waals surface area contributed by atoms with Crippen LogP contribution in [-0.4, -0.2) is 59.3 Å². The monoisotopic (exact) mass is 692 g/mol. The molecule has 0 aromatic heterocycles. The van der Waals surface area contributed by atoms with Gasteiger partial charge in [-0.1, -0.05) is 121 Å². The van der Waals surface area contributed by atoms with Gasteiger partial charge in [0.2, 0.25) is 0 Å². The summed E-state index contributed by atoms with van der Waals surface area (Å²) < 4.78 is 0. The Morgan fingerprint density at radius 2 is 0.673 bits per heavy atom. The van der Waals surface area contributed by atoms with Crippen molar-refractivity contribution in [2.24, 2.45) is 0 Å². The van der Waals surface area contributed by atoms with Crippen molar-refractivity contribution in [3.63, 3.8) is 0 Å². The van der Waals surface area contributed by atoms with Crippen molar-refractivity contribution in [3.05, 3.63) is 207 Å². The van der Waals surface area contributed by atoms with Crippen LogP contribution in [0, 0.1) is 63.2 Å². The molecule has 2 aliphatic carbocycles. The summed E-state index contributed by atoms with van der Waals surface area (Å²) >= 11 is 0. The fraction of sp³-hybridized carbons (Fsp3) is 0.227. The summed E-state index contributed by atoms with van der Waals surface area (Å²) in [7, 11) is 4.13. The molecular formula is C44H48FeN2O2+2. The third-order valence-electron chi connectivity index (χ3n) is 9.71. The summed E-state index contributed by atoms with van der Waals surface area (Å²) in [4.78, 5) is 4.41. The second-order valence-corrected chi connectivity index (χ2v) is 12.8. The van der Waals surface area contributed by atoms with Gasteiger partial charge in [-0.15, -0.1) is 0 Å². The van der Waals surface area contributed by atoms with Gasteiger partial charge in [0.1, 0.15) is 11.2 Å². The maximum absolute atomic E-state index is 11.8. The second kappa shape index (κ2) is 18.5. The molecule has 49 heavy (non-hydrogen) atoms. The molecule has 4 aromatic rings. The maximum Gasteiger partial charge on any atom is 2.00 e. The van der Waals surface area contributed by atoms with Crippen LogP contribution in [0.15, 0.2) is 121 Å². The van der Waals surface area contributed by atoms with E-state index >= 15 is 0 Å². The molecule has 5 heteroatoms. The molecule has 4 nitrogen and oxygen atoms in total. The Kier molecular flexibility index (Phi) is 14.7. The van der Waals surface area contributed by atoms with E-state index in [1.807, 2.05) is 121 Å². The van der Waals surface area contributed by atoms with E-state index in [1.54, 1.807) is 0 Å². The van der Waals surface area contributed by atoms with Crippen LogP contribution < -0.4 is 0 Å².